The highest BCUT2D eigenvalue weighted by atomic mass is 19.4. The standard InChI is InChI=1S/C8H7BF3N2O/c1-6(15)8-7(4-13-5-14-8)2-3-9(10,11)12/h2-5H,1H3/q-1/b3-2+. The van der Waals surface area contributed by atoms with Crippen molar-refractivity contribution in [3.8, 4) is 0 Å². The fourth-order valence-corrected chi connectivity index (χ4v) is 0.969. The number of halogens is 3. The van der Waals surface area contributed by atoms with Gasteiger partial charge in [0.2, 0.25) is 0 Å². The van der Waals surface area contributed by atoms with E-state index in [-0.39, 0.29) is 17.2 Å². The second kappa shape index (κ2) is 4.25. The van der Waals surface area contributed by atoms with Crippen LogP contribution < -0.4 is 0 Å². The summed E-state index contributed by atoms with van der Waals surface area (Å²) in [5, 5.41) is 0. The Morgan fingerprint density at radius 2 is 2.13 bits per heavy atom. The number of aromatic nitrogens is 2. The van der Waals surface area contributed by atoms with Crippen molar-refractivity contribution < 1.29 is 17.7 Å². The van der Waals surface area contributed by atoms with Gasteiger partial charge in [0.05, 0.1) is 0 Å². The van der Waals surface area contributed by atoms with Crippen LogP contribution in [0.1, 0.15) is 23.0 Å². The molecular formula is C8H7BF3N2O-. The molecular weight excluding hydrogens is 208 g/mol. The van der Waals surface area contributed by atoms with Crippen molar-refractivity contribution in [2.24, 2.45) is 0 Å². The maximum Gasteiger partial charge on any atom is 0.502 e. The zero-order valence-corrected chi connectivity index (χ0v) is 7.82. The molecule has 0 spiro atoms. The van der Waals surface area contributed by atoms with Gasteiger partial charge in [-0.25, -0.2) is 9.97 Å². The highest BCUT2D eigenvalue weighted by Crippen LogP contribution is 2.14. The maximum atomic E-state index is 11.9. The Kier molecular flexibility index (Phi) is 3.23. The molecule has 0 saturated carbocycles. The lowest BCUT2D eigenvalue weighted by molar-refractivity contribution is 0.101. The molecule has 0 aliphatic heterocycles. The van der Waals surface area contributed by atoms with E-state index in [2.05, 4.69) is 9.97 Å². The van der Waals surface area contributed by atoms with Gasteiger partial charge in [-0.3, -0.25) is 4.79 Å². The molecule has 0 aliphatic rings. The summed E-state index contributed by atoms with van der Waals surface area (Å²) in [5.41, 5.74) is 0.0606. The Morgan fingerprint density at radius 1 is 1.47 bits per heavy atom. The molecule has 0 bridgehead atoms. The van der Waals surface area contributed by atoms with Gasteiger partial charge in [0, 0.05) is 18.7 Å². The van der Waals surface area contributed by atoms with Gasteiger partial charge < -0.3 is 12.9 Å². The Morgan fingerprint density at radius 3 is 2.67 bits per heavy atom. The fraction of sp³-hybridized carbons (Fsp3) is 0.125. The van der Waals surface area contributed by atoms with Crippen LogP contribution in [0.4, 0.5) is 12.9 Å². The van der Waals surface area contributed by atoms with Crippen molar-refractivity contribution in [3.63, 3.8) is 0 Å². The first-order valence-corrected chi connectivity index (χ1v) is 4.10. The zero-order valence-electron chi connectivity index (χ0n) is 7.82. The number of rotatable bonds is 3. The van der Waals surface area contributed by atoms with Gasteiger partial charge >= 0.3 is 6.98 Å². The molecule has 1 aromatic rings. The Bertz CT molecular complexity index is 403. The number of hydrogen-bond donors (Lipinski definition) is 0. The van der Waals surface area contributed by atoms with Gasteiger partial charge in [0.1, 0.15) is 12.0 Å². The lowest BCUT2D eigenvalue weighted by Gasteiger charge is -2.06. The van der Waals surface area contributed by atoms with E-state index >= 15 is 0 Å². The van der Waals surface area contributed by atoms with E-state index in [1.54, 1.807) is 0 Å². The summed E-state index contributed by atoms with van der Waals surface area (Å²) in [7, 11) is 0. The summed E-state index contributed by atoms with van der Waals surface area (Å²) in [6.45, 7) is -3.78. The first-order valence-electron chi connectivity index (χ1n) is 4.10. The van der Waals surface area contributed by atoms with Crippen LogP contribution in [0.15, 0.2) is 18.5 Å². The lowest BCUT2D eigenvalue weighted by atomic mass is 9.90. The molecule has 7 heteroatoms. The van der Waals surface area contributed by atoms with Crippen LogP contribution in [0.3, 0.4) is 0 Å². The van der Waals surface area contributed by atoms with Crippen molar-refractivity contribution in [1.82, 2.24) is 9.97 Å². The molecule has 0 amide bonds. The quantitative estimate of drug-likeness (QED) is 0.572. The summed E-state index contributed by atoms with van der Waals surface area (Å²) >= 11 is 0. The first-order chi connectivity index (χ1) is 6.90. The number of carbonyl (C=O) groups is 1. The third-order valence-electron chi connectivity index (χ3n) is 1.57. The van der Waals surface area contributed by atoms with Gasteiger partial charge in [-0.1, -0.05) is 6.08 Å². The smallest absolute Gasteiger partial charge is 0.445 e. The third kappa shape index (κ3) is 3.53. The number of nitrogens with zero attached hydrogens (tertiary/aromatic N) is 2. The van der Waals surface area contributed by atoms with Crippen LogP contribution in [0.25, 0.3) is 6.08 Å². The minimum Gasteiger partial charge on any atom is -0.445 e. The molecule has 0 aromatic carbocycles. The summed E-state index contributed by atoms with van der Waals surface area (Å²) in [4.78, 5) is 18.2. The Balaban J connectivity index is 3.05. The van der Waals surface area contributed by atoms with Crippen molar-refractivity contribution in [1.29, 1.82) is 0 Å². The molecule has 0 atom stereocenters. The zero-order chi connectivity index (χ0) is 11.5. The van der Waals surface area contributed by atoms with E-state index in [0.29, 0.717) is 0 Å². The molecule has 1 rings (SSSR count). The van der Waals surface area contributed by atoms with Crippen molar-refractivity contribution in [2.45, 2.75) is 6.92 Å². The minimum atomic E-state index is -5.01. The molecule has 15 heavy (non-hydrogen) atoms. The molecule has 1 heterocycles. The summed E-state index contributed by atoms with van der Waals surface area (Å²) in [6.07, 6.45) is 3.09. The average molecular weight is 215 g/mol. The minimum absolute atomic E-state index is 0.0127. The van der Waals surface area contributed by atoms with Gasteiger partial charge in [-0.05, 0) is 0 Å². The van der Waals surface area contributed by atoms with Crippen molar-refractivity contribution in [2.75, 3.05) is 0 Å². The molecule has 3 nitrogen and oxygen atoms in total. The van der Waals surface area contributed by atoms with Crippen LogP contribution >= 0.6 is 0 Å². The molecule has 0 fully saturated rings. The van der Waals surface area contributed by atoms with Gasteiger partial charge in [-0.2, -0.15) is 0 Å². The Hall–Kier alpha value is -1.66. The largest absolute Gasteiger partial charge is 0.502 e. The lowest BCUT2D eigenvalue weighted by Crippen LogP contribution is -2.10. The molecule has 0 radical (unpaired) electrons. The maximum absolute atomic E-state index is 11.9. The van der Waals surface area contributed by atoms with Gasteiger partial charge in [-0.15, -0.1) is 5.98 Å². The van der Waals surface area contributed by atoms with E-state index in [9.17, 15) is 17.7 Å². The molecule has 80 valence electrons. The number of Topliss-reactive ketones (excluding diaryl/α,β-unsaturated/α-hetero) is 1. The molecule has 0 saturated heterocycles. The highest BCUT2D eigenvalue weighted by Gasteiger charge is 2.17. The van der Waals surface area contributed by atoms with E-state index in [1.807, 2.05) is 0 Å². The third-order valence-corrected chi connectivity index (χ3v) is 1.57. The molecule has 0 N–H and O–H groups in total. The predicted molar refractivity (Wildman–Crippen MR) is 50.1 cm³/mol. The van der Waals surface area contributed by atoms with E-state index < -0.39 is 12.8 Å². The van der Waals surface area contributed by atoms with Crippen molar-refractivity contribution >= 4 is 18.8 Å². The molecule has 0 unspecified atom stereocenters. The van der Waals surface area contributed by atoms with Crippen LogP contribution in [0.2, 0.25) is 0 Å². The second-order valence-electron chi connectivity index (χ2n) is 2.87. The molecule has 1 aromatic heterocycles. The fourth-order valence-electron chi connectivity index (χ4n) is 0.969. The van der Waals surface area contributed by atoms with Gasteiger partial charge in [0.15, 0.2) is 5.78 Å². The summed E-state index contributed by atoms with van der Waals surface area (Å²) in [6, 6.07) is 0. The predicted octanol–water partition coefficient (Wildman–Crippen LogP) is 2.08. The van der Waals surface area contributed by atoms with E-state index in [1.165, 1.54) is 13.1 Å². The van der Waals surface area contributed by atoms with E-state index in [0.717, 1.165) is 12.4 Å². The first kappa shape index (κ1) is 11.4. The monoisotopic (exact) mass is 215 g/mol. The SMILES string of the molecule is CC(=O)c1ncncc1/C=C/[B-](F)(F)F. The number of carbonyl (C=O) groups excluding carboxylic acids is 1. The van der Waals surface area contributed by atoms with Crippen molar-refractivity contribution in [3.05, 3.63) is 29.8 Å². The number of ketones is 1. The summed E-state index contributed by atoms with van der Waals surface area (Å²) < 4.78 is 35.8. The van der Waals surface area contributed by atoms with Crippen LogP contribution in [-0.4, -0.2) is 22.7 Å². The second-order valence-corrected chi connectivity index (χ2v) is 2.87. The molecule has 0 aliphatic carbocycles. The topological polar surface area (TPSA) is 42.9 Å². The van der Waals surface area contributed by atoms with Crippen LogP contribution in [0, 0.1) is 0 Å². The van der Waals surface area contributed by atoms with E-state index in [4.69, 9.17) is 0 Å². The highest BCUT2D eigenvalue weighted by molar-refractivity contribution is 6.64. The van der Waals surface area contributed by atoms with Crippen LogP contribution in [-0.2, 0) is 0 Å². The van der Waals surface area contributed by atoms with Crippen LogP contribution in [0.5, 0.6) is 0 Å². The van der Waals surface area contributed by atoms with Gasteiger partial charge in [0.25, 0.3) is 0 Å². The normalized spacial score (nSPS) is 12.0. The summed E-state index contributed by atoms with van der Waals surface area (Å²) in [5.74, 6) is -0.294. The Labute approximate surface area is 84.1 Å². The average Bonchev–Trinajstić information content (AvgIpc) is 2.14. The number of hydrogen-bond acceptors (Lipinski definition) is 3.